The zero-order valence-corrected chi connectivity index (χ0v) is 22.6. The summed E-state index contributed by atoms with van der Waals surface area (Å²) < 4.78 is 38.2. The second kappa shape index (κ2) is 11.7. The molecule has 1 aromatic heterocycles. The largest absolute Gasteiger partial charge is 0.497 e. The number of sulfonamides is 1. The van der Waals surface area contributed by atoms with Gasteiger partial charge < -0.3 is 9.47 Å². The highest BCUT2D eigenvalue weighted by Gasteiger charge is 2.20. The molecule has 0 spiro atoms. The number of hydrogen-bond acceptors (Lipinski definition) is 8. The zero-order chi connectivity index (χ0) is 27.3. The zero-order valence-electron chi connectivity index (χ0n) is 20.2. The van der Waals surface area contributed by atoms with Crippen molar-refractivity contribution in [1.29, 1.82) is 0 Å². The van der Waals surface area contributed by atoms with Crippen LogP contribution < -0.4 is 19.6 Å². The van der Waals surface area contributed by atoms with Crippen LogP contribution >= 0.6 is 22.9 Å². The van der Waals surface area contributed by atoms with Crippen molar-refractivity contribution >= 4 is 61.1 Å². The molecule has 0 bridgehead atoms. The molecule has 0 aliphatic heterocycles. The van der Waals surface area contributed by atoms with Crippen LogP contribution in [-0.2, 0) is 14.8 Å². The maximum absolute atomic E-state index is 12.7. The fraction of sp³-hybridized carbons (Fsp3) is 0.115. The summed E-state index contributed by atoms with van der Waals surface area (Å²) in [5.41, 5.74) is 3.78. The number of hydrazone groups is 1. The molecule has 0 saturated carbocycles. The molecule has 9 nitrogen and oxygen atoms in total. The van der Waals surface area contributed by atoms with Gasteiger partial charge >= 0.3 is 5.97 Å². The molecule has 1 heterocycles. The van der Waals surface area contributed by atoms with E-state index in [1.807, 2.05) is 6.92 Å². The van der Waals surface area contributed by atoms with Gasteiger partial charge in [-0.25, -0.2) is 23.4 Å². The van der Waals surface area contributed by atoms with Gasteiger partial charge in [0, 0.05) is 10.1 Å². The van der Waals surface area contributed by atoms with E-state index < -0.39 is 28.4 Å². The molecule has 196 valence electrons. The Balaban J connectivity index is 1.30. The minimum absolute atomic E-state index is 0.0649. The molecule has 1 amide bonds. The Morgan fingerprint density at radius 2 is 1.71 bits per heavy atom. The first kappa shape index (κ1) is 27.3. The van der Waals surface area contributed by atoms with E-state index in [1.54, 1.807) is 61.7 Å². The minimum Gasteiger partial charge on any atom is -0.497 e. The number of nitrogens with zero attached hydrogens (tertiary/aromatic N) is 1. The molecule has 0 unspecified atom stereocenters. The number of methoxy groups -OCH3 is 1. The van der Waals surface area contributed by atoms with Gasteiger partial charge in [0.25, 0.3) is 5.91 Å². The second-order valence-electron chi connectivity index (χ2n) is 8.00. The maximum Gasteiger partial charge on any atom is 0.355 e. The SMILES string of the molecule is COc1ccc2c(Cl)c(C(=O)Oc3ccc(C=NNC(=O)CNS(=O)(=O)c4ccc(C)cc4)cc3)sc2c1. The van der Waals surface area contributed by atoms with Crippen molar-refractivity contribution in [2.75, 3.05) is 13.7 Å². The number of ether oxygens (including phenoxy) is 2. The average molecular weight is 572 g/mol. The highest BCUT2D eigenvalue weighted by Crippen LogP contribution is 2.37. The van der Waals surface area contributed by atoms with Crippen molar-refractivity contribution in [3.8, 4) is 11.5 Å². The summed E-state index contributed by atoms with van der Waals surface area (Å²) in [6.45, 7) is 1.37. The van der Waals surface area contributed by atoms with Crippen LogP contribution in [0.2, 0.25) is 5.02 Å². The fourth-order valence-electron chi connectivity index (χ4n) is 3.26. The Hall–Kier alpha value is -3.77. The first-order valence-corrected chi connectivity index (χ1v) is 13.8. The number of hydrogen-bond donors (Lipinski definition) is 2. The van der Waals surface area contributed by atoms with Crippen molar-refractivity contribution < 1.29 is 27.5 Å². The quantitative estimate of drug-likeness (QED) is 0.132. The molecule has 4 rings (SSSR count). The molecule has 0 radical (unpaired) electrons. The van der Waals surface area contributed by atoms with E-state index in [1.165, 1.54) is 29.7 Å². The lowest BCUT2D eigenvalue weighted by Crippen LogP contribution is -2.34. The van der Waals surface area contributed by atoms with Crippen LogP contribution in [0.1, 0.15) is 20.8 Å². The number of rotatable bonds is 9. The molecule has 2 N–H and O–H groups in total. The van der Waals surface area contributed by atoms with E-state index >= 15 is 0 Å². The van der Waals surface area contributed by atoms with E-state index in [2.05, 4.69) is 15.2 Å². The second-order valence-corrected chi connectivity index (χ2v) is 11.2. The molecule has 38 heavy (non-hydrogen) atoms. The molecule has 0 atom stereocenters. The Kier molecular flexibility index (Phi) is 8.42. The van der Waals surface area contributed by atoms with E-state index in [-0.39, 0.29) is 9.77 Å². The van der Waals surface area contributed by atoms with Gasteiger partial charge in [-0.1, -0.05) is 29.3 Å². The summed E-state index contributed by atoms with van der Waals surface area (Å²) in [6, 6.07) is 18.0. The van der Waals surface area contributed by atoms with E-state index in [0.29, 0.717) is 22.1 Å². The highest BCUT2D eigenvalue weighted by atomic mass is 35.5. The number of halogens is 1. The fourth-order valence-corrected chi connectivity index (χ4v) is 5.65. The number of carbonyl (C=O) groups excluding carboxylic acids is 2. The molecular formula is C26H22ClN3O6S2. The van der Waals surface area contributed by atoms with Crippen LogP contribution in [0.5, 0.6) is 11.5 Å². The monoisotopic (exact) mass is 571 g/mol. The van der Waals surface area contributed by atoms with Gasteiger partial charge in [-0.15, -0.1) is 11.3 Å². The van der Waals surface area contributed by atoms with Gasteiger partial charge in [0.05, 0.1) is 29.8 Å². The van der Waals surface area contributed by atoms with E-state index in [0.717, 1.165) is 15.6 Å². The summed E-state index contributed by atoms with van der Waals surface area (Å²) in [6.07, 6.45) is 1.37. The van der Waals surface area contributed by atoms with Crippen LogP contribution in [0.3, 0.4) is 0 Å². The number of carbonyl (C=O) groups is 2. The molecule has 4 aromatic rings. The van der Waals surface area contributed by atoms with Crippen molar-refractivity contribution in [3.05, 3.63) is 87.8 Å². The number of nitrogens with one attached hydrogen (secondary N) is 2. The molecule has 0 saturated heterocycles. The van der Waals surface area contributed by atoms with Crippen LogP contribution in [0, 0.1) is 6.92 Å². The van der Waals surface area contributed by atoms with Gasteiger partial charge in [-0.2, -0.15) is 5.10 Å². The Morgan fingerprint density at radius 1 is 1.03 bits per heavy atom. The smallest absolute Gasteiger partial charge is 0.355 e. The van der Waals surface area contributed by atoms with Crippen molar-refractivity contribution in [2.45, 2.75) is 11.8 Å². The van der Waals surface area contributed by atoms with E-state index in [4.69, 9.17) is 21.1 Å². The third-order valence-electron chi connectivity index (χ3n) is 5.27. The summed E-state index contributed by atoms with van der Waals surface area (Å²) in [5, 5.41) is 4.88. The number of esters is 1. The van der Waals surface area contributed by atoms with Gasteiger partial charge in [0.15, 0.2) is 0 Å². The van der Waals surface area contributed by atoms with Gasteiger partial charge in [0.2, 0.25) is 10.0 Å². The molecule has 0 aliphatic carbocycles. The van der Waals surface area contributed by atoms with Crippen LogP contribution in [0.25, 0.3) is 10.1 Å². The maximum atomic E-state index is 12.7. The van der Waals surface area contributed by atoms with Crippen LogP contribution in [0.15, 0.2) is 76.7 Å². The number of benzene rings is 3. The lowest BCUT2D eigenvalue weighted by molar-refractivity contribution is -0.119. The third kappa shape index (κ3) is 6.56. The van der Waals surface area contributed by atoms with Gasteiger partial charge in [-0.3, -0.25) is 4.79 Å². The first-order valence-electron chi connectivity index (χ1n) is 11.1. The van der Waals surface area contributed by atoms with Crippen LogP contribution in [-0.4, -0.2) is 40.2 Å². The average Bonchev–Trinajstić information content (AvgIpc) is 3.24. The van der Waals surface area contributed by atoms with Crippen molar-refractivity contribution in [2.24, 2.45) is 5.10 Å². The topological polar surface area (TPSA) is 123 Å². The standard InChI is InChI=1S/C26H22ClN3O6S2/c1-16-3-10-20(11-4-16)38(33,34)29-15-23(31)30-28-14-17-5-7-18(8-6-17)36-26(32)25-24(27)21-12-9-19(35-2)13-22(21)37-25/h3-14,29H,15H2,1-2H3,(H,30,31). The predicted octanol–water partition coefficient (Wildman–Crippen LogP) is 4.52. The normalized spacial score (nSPS) is 11.6. The Bertz CT molecular complexity index is 1620. The van der Waals surface area contributed by atoms with Crippen molar-refractivity contribution in [1.82, 2.24) is 10.1 Å². The summed E-state index contributed by atoms with van der Waals surface area (Å²) in [4.78, 5) is 25.0. The molecular weight excluding hydrogens is 550 g/mol. The lowest BCUT2D eigenvalue weighted by atomic mass is 10.2. The number of thiophene rings is 1. The highest BCUT2D eigenvalue weighted by molar-refractivity contribution is 7.89. The number of fused-ring (bicyclic) bond motifs is 1. The molecule has 0 aliphatic rings. The number of amides is 1. The summed E-state index contributed by atoms with van der Waals surface area (Å²) >= 11 is 7.60. The van der Waals surface area contributed by atoms with Crippen LogP contribution in [0.4, 0.5) is 0 Å². The predicted molar refractivity (Wildman–Crippen MR) is 147 cm³/mol. The van der Waals surface area contributed by atoms with Gasteiger partial charge in [0.1, 0.15) is 16.4 Å². The number of aryl methyl sites for hydroxylation is 1. The first-order chi connectivity index (χ1) is 18.2. The third-order valence-corrected chi connectivity index (χ3v) is 8.32. The Labute approximate surface area is 228 Å². The minimum atomic E-state index is -3.82. The molecule has 3 aromatic carbocycles. The lowest BCUT2D eigenvalue weighted by Gasteiger charge is -2.06. The van der Waals surface area contributed by atoms with Crippen molar-refractivity contribution in [3.63, 3.8) is 0 Å². The summed E-state index contributed by atoms with van der Waals surface area (Å²) in [7, 11) is -2.25. The van der Waals surface area contributed by atoms with Gasteiger partial charge in [-0.05, 0) is 67.1 Å². The summed E-state index contributed by atoms with van der Waals surface area (Å²) in [5.74, 6) is -0.266. The Morgan fingerprint density at radius 3 is 2.39 bits per heavy atom. The molecule has 12 heteroatoms. The molecule has 0 fully saturated rings. The van der Waals surface area contributed by atoms with E-state index in [9.17, 15) is 18.0 Å².